The lowest BCUT2D eigenvalue weighted by Crippen LogP contribution is -2.15. The van der Waals surface area contributed by atoms with Gasteiger partial charge in [0.05, 0.1) is 18.6 Å². The third kappa shape index (κ3) is 2.15. The first-order chi connectivity index (χ1) is 3.35. The van der Waals surface area contributed by atoms with Gasteiger partial charge in [0, 0.05) is 6.54 Å². The summed E-state index contributed by atoms with van der Waals surface area (Å²) in [4.78, 5) is 0. The van der Waals surface area contributed by atoms with Crippen LogP contribution in [-0.4, -0.2) is 18.3 Å². The molecule has 0 bridgehead atoms. The molecule has 0 radical (unpaired) electrons. The average Bonchev–Trinajstić information content (AvgIpc) is 1.72. The molecule has 1 unspecified atom stereocenters. The number of hydrogen-bond donors (Lipinski definition) is 2. The van der Waals surface area contributed by atoms with Gasteiger partial charge in [0.15, 0.2) is 0 Å². The molecule has 0 aliphatic carbocycles. The third-order valence-corrected chi connectivity index (χ3v) is 0.687. The van der Waals surface area contributed by atoms with Crippen LogP contribution < -0.4 is 5.73 Å². The molecule has 3 heteroatoms. The Bertz CT molecular complexity index is 72.2. The Kier molecular flexibility index (Phi) is 3.29. The van der Waals surface area contributed by atoms with Gasteiger partial charge in [-0.15, -0.1) is 0 Å². The van der Waals surface area contributed by atoms with Crippen molar-refractivity contribution >= 4 is 0 Å². The van der Waals surface area contributed by atoms with Gasteiger partial charge < -0.3 is 10.8 Å². The molecule has 0 aliphatic rings. The lowest BCUT2D eigenvalue weighted by Gasteiger charge is -1.95. The Labute approximate surface area is 42.4 Å². The Morgan fingerprint density at radius 1 is 1.86 bits per heavy atom. The molecule has 0 amide bonds. The van der Waals surface area contributed by atoms with Crippen molar-refractivity contribution in [2.75, 3.05) is 13.2 Å². The fraction of sp³-hybridized carbons (Fsp3) is 0.750. The fourth-order valence-electron chi connectivity index (χ4n) is 0.168. The summed E-state index contributed by atoms with van der Waals surface area (Å²) in [5, 5.41) is 16.3. The van der Waals surface area contributed by atoms with Gasteiger partial charge in [0.25, 0.3) is 0 Å². The summed E-state index contributed by atoms with van der Waals surface area (Å²) in [6.07, 6.45) is 0. The normalized spacial score (nSPS) is 12.7. The maximum atomic E-state index is 8.22. The van der Waals surface area contributed by atoms with Crippen LogP contribution in [0.25, 0.3) is 0 Å². The summed E-state index contributed by atoms with van der Waals surface area (Å²) in [7, 11) is 0. The van der Waals surface area contributed by atoms with E-state index in [1.165, 1.54) is 0 Å². The van der Waals surface area contributed by atoms with Crippen LogP contribution in [0.1, 0.15) is 0 Å². The zero-order valence-electron chi connectivity index (χ0n) is 3.96. The van der Waals surface area contributed by atoms with E-state index in [1.807, 2.05) is 6.07 Å². The molecule has 0 fully saturated rings. The minimum atomic E-state index is -0.375. The molecule has 40 valence electrons. The van der Waals surface area contributed by atoms with E-state index in [2.05, 4.69) is 0 Å². The second-order valence-electron chi connectivity index (χ2n) is 1.24. The van der Waals surface area contributed by atoms with Crippen molar-refractivity contribution in [3.05, 3.63) is 0 Å². The molecule has 0 aromatic heterocycles. The van der Waals surface area contributed by atoms with Gasteiger partial charge in [-0.05, 0) is 0 Å². The molecule has 3 nitrogen and oxygen atoms in total. The summed E-state index contributed by atoms with van der Waals surface area (Å²) in [5.41, 5.74) is 5.01. The van der Waals surface area contributed by atoms with Crippen molar-refractivity contribution in [1.82, 2.24) is 0 Å². The molecular weight excluding hydrogens is 92.1 g/mol. The molecule has 1 atom stereocenters. The van der Waals surface area contributed by atoms with E-state index in [1.54, 1.807) is 0 Å². The second-order valence-corrected chi connectivity index (χ2v) is 1.24. The first-order valence-corrected chi connectivity index (χ1v) is 2.05. The van der Waals surface area contributed by atoms with Gasteiger partial charge in [-0.2, -0.15) is 5.26 Å². The number of nitrogens with zero attached hydrogens (tertiary/aromatic N) is 1. The van der Waals surface area contributed by atoms with Gasteiger partial charge in [0.1, 0.15) is 0 Å². The van der Waals surface area contributed by atoms with Gasteiger partial charge in [0.2, 0.25) is 0 Å². The smallest absolute Gasteiger partial charge is 0.0816 e. The molecular formula is C4H8N2O. The van der Waals surface area contributed by atoms with E-state index in [4.69, 9.17) is 16.1 Å². The molecule has 0 aromatic carbocycles. The van der Waals surface area contributed by atoms with Crippen LogP contribution in [0.15, 0.2) is 0 Å². The zero-order valence-corrected chi connectivity index (χ0v) is 3.96. The molecule has 0 rings (SSSR count). The predicted molar refractivity (Wildman–Crippen MR) is 25.2 cm³/mol. The molecule has 3 N–H and O–H groups in total. The Morgan fingerprint density at radius 3 is 2.43 bits per heavy atom. The quantitative estimate of drug-likeness (QED) is 0.471. The first kappa shape index (κ1) is 6.41. The van der Waals surface area contributed by atoms with E-state index >= 15 is 0 Å². The van der Waals surface area contributed by atoms with Crippen molar-refractivity contribution in [3.63, 3.8) is 0 Å². The fourth-order valence-corrected chi connectivity index (χ4v) is 0.168. The second kappa shape index (κ2) is 3.59. The molecule has 0 saturated heterocycles. The van der Waals surface area contributed by atoms with Gasteiger partial charge in [-0.1, -0.05) is 0 Å². The first-order valence-electron chi connectivity index (χ1n) is 2.05. The molecule has 7 heavy (non-hydrogen) atoms. The van der Waals surface area contributed by atoms with Crippen LogP contribution in [0.4, 0.5) is 0 Å². The van der Waals surface area contributed by atoms with Crippen LogP contribution in [0, 0.1) is 17.2 Å². The number of nitriles is 1. The Hall–Kier alpha value is -0.590. The van der Waals surface area contributed by atoms with Crippen molar-refractivity contribution in [1.29, 1.82) is 5.26 Å². The highest BCUT2D eigenvalue weighted by molar-refractivity contribution is 4.81. The van der Waals surface area contributed by atoms with Crippen LogP contribution in [0.3, 0.4) is 0 Å². The van der Waals surface area contributed by atoms with E-state index in [9.17, 15) is 0 Å². The predicted octanol–water partition coefficient (Wildman–Crippen LogP) is -0.923. The number of nitrogens with two attached hydrogens (primary N) is 1. The number of aliphatic hydroxyl groups excluding tert-OH is 1. The third-order valence-electron chi connectivity index (χ3n) is 0.687. The van der Waals surface area contributed by atoms with E-state index in [0.29, 0.717) is 0 Å². The van der Waals surface area contributed by atoms with E-state index in [0.717, 1.165) is 0 Å². The Morgan fingerprint density at radius 2 is 2.43 bits per heavy atom. The number of hydrogen-bond acceptors (Lipinski definition) is 3. The zero-order chi connectivity index (χ0) is 5.70. The summed E-state index contributed by atoms with van der Waals surface area (Å²) in [6.45, 7) is 0.111. The molecule has 0 aromatic rings. The highest BCUT2D eigenvalue weighted by Crippen LogP contribution is 1.84. The topological polar surface area (TPSA) is 70.0 Å². The van der Waals surface area contributed by atoms with Crippen molar-refractivity contribution in [2.45, 2.75) is 0 Å². The maximum absolute atomic E-state index is 8.22. The highest BCUT2D eigenvalue weighted by atomic mass is 16.3. The minimum Gasteiger partial charge on any atom is -0.395 e. The van der Waals surface area contributed by atoms with Crippen LogP contribution >= 0.6 is 0 Å². The lowest BCUT2D eigenvalue weighted by atomic mass is 10.2. The van der Waals surface area contributed by atoms with Crippen LogP contribution in [0.5, 0.6) is 0 Å². The number of rotatable bonds is 2. The highest BCUT2D eigenvalue weighted by Gasteiger charge is 1.98. The summed E-state index contributed by atoms with van der Waals surface area (Å²) in [6, 6.07) is 1.83. The molecule has 0 saturated carbocycles. The minimum absolute atomic E-state index is 0.132. The van der Waals surface area contributed by atoms with Crippen molar-refractivity contribution in [2.24, 2.45) is 11.7 Å². The summed E-state index contributed by atoms with van der Waals surface area (Å²) in [5.74, 6) is -0.375. The SMILES string of the molecule is N#CC(CN)CO. The van der Waals surface area contributed by atoms with Gasteiger partial charge in [-0.3, -0.25) is 0 Å². The van der Waals surface area contributed by atoms with Crippen molar-refractivity contribution in [3.8, 4) is 6.07 Å². The van der Waals surface area contributed by atoms with Crippen molar-refractivity contribution < 1.29 is 5.11 Å². The molecule has 0 heterocycles. The monoisotopic (exact) mass is 100 g/mol. The summed E-state index contributed by atoms with van der Waals surface area (Å²) >= 11 is 0. The lowest BCUT2D eigenvalue weighted by molar-refractivity contribution is 0.259. The Balaban J connectivity index is 3.23. The average molecular weight is 100 g/mol. The summed E-state index contributed by atoms with van der Waals surface area (Å²) < 4.78 is 0. The van der Waals surface area contributed by atoms with E-state index in [-0.39, 0.29) is 19.1 Å². The van der Waals surface area contributed by atoms with E-state index < -0.39 is 0 Å². The standard InChI is InChI=1S/C4H8N2O/c5-1-4(2-6)3-7/h4,7H,1,3,5H2. The molecule has 0 spiro atoms. The van der Waals surface area contributed by atoms with Gasteiger partial charge >= 0.3 is 0 Å². The van der Waals surface area contributed by atoms with Crippen LogP contribution in [0.2, 0.25) is 0 Å². The number of aliphatic hydroxyl groups is 1. The maximum Gasteiger partial charge on any atom is 0.0816 e. The van der Waals surface area contributed by atoms with Gasteiger partial charge in [-0.25, -0.2) is 0 Å². The molecule has 0 aliphatic heterocycles. The largest absolute Gasteiger partial charge is 0.395 e. The van der Waals surface area contributed by atoms with Crippen LogP contribution in [-0.2, 0) is 0 Å².